The van der Waals surface area contributed by atoms with E-state index in [2.05, 4.69) is 50.5 Å². The summed E-state index contributed by atoms with van der Waals surface area (Å²) in [7, 11) is 0. The molecule has 149 valence electrons. The van der Waals surface area contributed by atoms with Crippen molar-refractivity contribution < 1.29 is 38.0 Å². The van der Waals surface area contributed by atoms with Gasteiger partial charge in [-0.3, -0.25) is 4.79 Å². The third-order valence-corrected chi connectivity index (χ3v) is 6.65. The maximum absolute atomic E-state index is 11.5. The molecule has 0 aromatic heterocycles. The Labute approximate surface area is 228 Å². The smallest absolute Gasteiger partial charge is 0.217 e. The van der Waals surface area contributed by atoms with Gasteiger partial charge < -0.3 is 25.7 Å². The predicted molar refractivity (Wildman–Crippen MR) is 136 cm³/mol. The number of hydrogen-bond acceptors (Lipinski definition) is 4. The van der Waals surface area contributed by atoms with E-state index in [1.165, 1.54) is 6.92 Å². The molecule has 0 saturated carbocycles. The fourth-order valence-corrected chi connectivity index (χ4v) is 6.07. The van der Waals surface area contributed by atoms with Crippen LogP contribution in [0.5, 0.6) is 17.2 Å². The molecular formula is C17H13I4N2O4V-. The molecule has 0 unspecified atom stereocenters. The van der Waals surface area contributed by atoms with Crippen molar-refractivity contribution in [3.05, 3.63) is 49.8 Å². The standard InChI is InChI=1S/C17H14I4N2O4.V/c1-7(24)23-14(17(22)26)4-8-2-12(20)16(13(21)3-8)27-9-5-10(18)15(25)11(19)6-9;/h2-3,5-6,14H,4H2,1H3,(H4,22,23,24,25,26);/p-1/t14-;/m0./s1. The van der Waals surface area contributed by atoms with Crippen molar-refractivity contribution in [2.45, 2.75) is 19.4 Å². The zero-order valence-electron chi connectivity index (χ0n) is 14.2. The molecule has 2 aromatic carbocycles. The molecular weight excluding hydrogens is 855 g/mol. The summed E-state index contributed by atoms with van der Waals surface area (Å²) in [6.45, 7) is 1.32. The zero-order chi connectivity index (χ0) is 20.3. The van der Waals surface area contributed by atoms with Gasteiger partial charge in [-0.15, -0.1) is 0 Å². The van der Waals surface area contributed by atoms with Crippen molar-refractivity contribution in [2.24, 2.45) is 0 Å². The van der Waals surface area contributed by atoms with Crippen molar-refractivity contribution >= 4 is 102 Å². The van der Waals surface area contributed by atoms with Gasteiger partial charge in [-0.25, -0.2) is 0 Å². The fourth-order valence-electron chi connectivity index (χ4n) is 2.24. The summed E-state index contributed by atoms with van der Waals surface area (Å²) < 4.78 is 9.09. The Bertz CT molecular complexity index is 865. The topological polar surface area (TPSA) is 99.4 Å². The van der Waals surface area contributed by atoms with Gasteiger partial charge >= 0.3 is 0 Å². The zero-order valence-corrected chi connectivity index (χ0v) is 24.3. The summed E-state index contributed by atoms with van der Waals surface area (Å²) in [5.74, 6) is 0.339. The van der Waals surface area contributed by atoms with E-state index >= 15 is 0 Å². The molecule has 11 heteroatoms. The Morgan fingerprint density at radius 3 is 2.00 bits per heavy atom. The number of halogens is 4. The summed E-state index contributed by atoms with van der Waals surface area (Å²) in [5, 5.41) is 12.4. The minimum atomic E-state index is -0.874. The largest absolute Gasteiger partial charge is 0.666 e. The molecule has 1 atom stereocenters. The minimum Gasteiger partial charge on any atom is -0.666 e. The molecule has 0 spiro atoms. The molecule has 0 heterocycles. The van der Waals surface area contributed by atoms with Gasteiger partial charge in [0.25, 0.3) is 0 Å². The number of ether oxygens (including phenoxy) is 1. The number of carbonyl (C=O) groups is 2. The second-order valence-corrected chi connectivity index (χ2v) is 10.2. The van der Waals surface area contributed by atoms with Crippen molar-refractivity contribution in [3.63, 3.8) is 0 Å². The third kappa shape index (κ3) is 7.32. The second kappa shape index (κ2) is 11.8. The van der Waals surface area contributed by atoms with Crippen LogP contribution in [-0.2, 0) is 34.6 Å². The number of nitrogens with one attached hydrogen (secondary N) is 2. The number of hydrogen-bond donors (Lipinski definition) is 2. The predicted octanol–water partition coefficient (Wildman–Crippen LogP) is 5.23. The van der Waals surface area contributed by atoms with Gasteiger partial charge in [-0.1, -0.05) is 0 Å². The number of phenolic OH excluding ortho intramolecular Hbond substituents is 1. The summed E-state index contributed by atoms with van der Waals surface area (Å²) in [6.07, 6.45) is 0.239. The first-order chi connectivity index (χ1) is 12.6. The third-order valence-electron chi connectivity index (χ3n) is 3.40. The summed E-state index contributed by atoms with van der Waals surface area (Å²) in [4.78, 5) is 22.7. The average Bonchev–Trinajstić information content (AvgIpc) is 2.54. The van der Waals surface area contributed by atoms with Gasteiger partial charge in [0, 0.05) is 25.5 Å². The molecule has 0 aliphatic heterocycles. The van der Waals surface area contributed by atoms with Crippen LogP contribution in [0, 0.1) is 14.3 Å². The monoisotopic (exact) mass is 868 g/mol. The molecule has 3 N–H and O–H groups in total. The number of phenols is 1. The van der Waals surface area contributed by atoms with Crippen molar-refractivity contribution in [3.8, 4) is 17.2 Å². The molecule has 0 aliphatic carbocycles. The van der Waals surface area contributed by atoms with E-state index in [0.29, 0.717) is 18.6 Å². The van der Waals surface area contributed by atoms with Crippen LogP contribution in [0.15, 0.2) is 24.3 Å². The van der Waals surface area contributed by atoms with Crippen LogP contribution in [-0.4, -0.2) is 23.0 Å². The Balaban J connectivity index is 0.00000392. The van der Waals surface area contributed by atoms with E-state index in [1.807, 2.05) is 57.3 Å². The molecule has 6 nitrogen and oxygen atoms in total. The van der Waals surface area contributed by atoms with E-state index in [-0.39, 0.29) is 36.6 Å². The first-order valence-electron chi connectivity index (χ1n) is 7.44. The van der Waals surface area contributed by atoms with E-state index in [1.54, 1.807) is 12.1 Å². The number of benzene rings is 2. The Kier molecular flexibility index (Phi) is 11.1. The number of aromatic hydroxyl groups is 1. The molecule has 0 aliphatic rings. The molecule has 0 fully saturated rings. The summed E-state index contributed by atoms with van der Waals surface area (Å²) in [6, 6.07) is 6.37. The van der Waals surface area contributed by atoms with E-state index in [9.17, 15) is 14.7 Å². The molecule has 0 bridgehead atoms. The second-order valence-electron chi connectivity index (χ2n) is 5.55. The Hall–Kier alpha value is 0.484. The number of carbonyl (C=O) groups excluding carboxylic acids is 2. The minimum absolute atomic E-state index is 0. The van der Waals surface area contributed by atoms with Crippen LogP contribution in [0.25, 0.3) is 5.73 Å². The first-order valence-corrected chi connectivity index (χ1v) is 11.8. The molecule has 2 aromatic rings. The van der Waals surface area contributed by atoms with Crippen LogP contribution in [0.2, 0.25) is 0 Å². The Morgan fingerprint density at radius 2 is 1.57 bits per heavy atom. The molecule has 2 amide bonds. The van der Waals surface area contributed by atoms with Crippen LogP contribution < -0.4 is 10.1 Å². The number of amides is 2. The molecule has 0 saturated heterocycles. The van der Waals surface area contributed by atoms with Gasteiger partial charge in [0.2, 0.25) is 5.91 Å². The van der Waals surface area contributed by atoms with Crippen molar-refractivity contribution in [2.75, 3.05) is 0 Å². The SMILES string of the molecule is CC(=O)N[C@@H](Cc1cc(I)c(Oc2cc(I)c(O)c(I)c2)c(I)c1)C([NH-])=O.[V]. The number of rotatable bonds is 6. The van der Waals surface area contributed by atoms with Crippen LogP contribution in [0.4, 0.5) is 0 Å². The normalized spacial score (nSPS) is 11.3. The van der Waals surface area contributed by atoms with Crippen molar-refractivity contribution in [1.29, 1.82) is 0 Å². The van der Waals surface area contributed by atoms with Crippen LogP contribution in [0.1, 0.15) is 12.5 Å². The van der Waals surface area contributed by atoms with Gasteiger partial charge in [-0.05, 0) is 127 Å². The van der Waals surface area contributed by atoms with Crippen molar-refractivity contribution in [1.82, 2.24) is 5.32 Å². The van der Waals surface area contributed by atoms with Crippen LogP contribution >= 0.6 is 90.4 Å². The van der Waals surface area contributed by atoms with E-state index in [4.69, 9.17) is 10.5 Å². The Morgan fingerprint density at radius 1 is 1.07 bits per heavy atom. The summed E-state index contributed by atoms with van der Waals surface area (Å²) >= 11 is 8.39. The van der Waals surface area contributed by atoms with Gasteiger partial charge in [0.1, 0.15) is 11.5 Å². The van der Waals surface area contributed by atoms with Gasteiger partial charge in [0.15, 0.2) is 5.75 Å². The maximum Gasteiger partial charge on any atom is 0.217 e. The van der Waals surface area contributed by atoms with E-state index < -0.39 is 11.9 Å². The molecule has 28 heavy (non-hydrogen) atoms. The molecule has 2 rings (SSSR count). The average molecular weight is 868 g/mol. The molecule has 1 radical (unpaired) electrons. The fraction of sp³-hybridized carbons (Fsp3) is 0.176. The van der Waals surface area contributed by atoms with E-state index in [0.717, 1.165) is 12.7 Å². The van der Waals surface area contributed by atoms with Gasteiger partial charge in [-0.2, -0.15) is 0 Å². The maximum atomic E-state index is 11.5. The summed E-state index contributed by atoms with van der Waals surface area (Å²) in [5.41, 5.74) is 8.15. The first kappa shape index (κ1) is 26.5. The van der Waals surface area contributed by atoms with Gasteiger partial charge in [0.05, 0.1) is 26.2 Å². The quantitative estimate of drug-likeness (QED) is 0.389. The van der Waals surface area contributed by atoms with Crippen LogP contribution in [0.3, 0.4) is 0 Å².